The van der Waals surface area contributed by atoms with E-state index in [1.54, 1.807) is 17.1 Å². The summed E-state index contributed by atoms with van der Waals surface area (Å²) in [5, 5.41) is 14.3. The number of likely N-dealkylation sites (tertiary alicyclic amines) is 1. The number of amides is 2. The van der Waals surface area contributed by atoms with Crippen LogP contribution in [-0.4, -0.2) is 66.9 Å². The van der Waals surface area contributed by atoms with Crippen molar-refractivity contribution in [2.24, 2.45) is 0 Å². The van der Waals surface area contributed by atoms with Crippen LogP contribution in [0.2, 0.25) is 0 Å². The number of carbonyl (C=O) groups is 2. The van der Waals surface area contributed by atoms with Crippen LogP contribution in [0.3, 0.4) is 0 Å². The van der Waals surface area contributed by atoms with Crippen LogP contribution in [0.4, 0.5) is 4.79 Å². The van der Waals surface area contributed by atoms with Gasteiger partial charge < -0.3 is 25.4 Å². The number of rotatable bonds is 3. The van der Waals surface area contributed by atoms with Gasteiger partial charge in [0.15, 0.2) is 0 Å². The molecule has 0 aromatic carbocycles. The Balaban J connectivity index is 1.73. The summed E-state index contributed by atoms with van der Waals surface area (Å²) >= 11 is 0. The second kappa shape index (κ2) is 7.25. The van der Waals surface area contributed by atoms with E-state index >= 15 is 0 Å². The maximum Gasteiger partial charge on any atom is 0.404 e. The summed E-state index contributed by atoms with van der Waals surface area (Å²) in [4.78, 5) is 24.3. The van der Waals surface area contributed by atoms with E-state index in [9.17, 15) is 9.59 Å². The zero-order valence-electron chi connectivity index (χ0n) is 11.4. The van der Waals surface area contributed by atoms with Crippen molar-refractivity contribution in [2.45, 2.75) is 25.0 Å². The van der Waals surface area contributed by atoms with Crippen molar-refractivity contribution < 1.29 is 19.4 Å². The number of nitrogens with zero attached hydrogens (tertiary/aromatic N) is 1. The van der Waals surface area contributed by atoms with Crippen LogP contribution >= 0.6 is 0 Å². The summed E-state index contributed by atoms with van der Waals surface area (Å²) in [7, 11) is 0. The van der Waals surface area contributed by atoms with E-state index in [2.05, 4.69) is 10.6 Å². The van der Waals surface area contributed by atoms with Crippen molar-refractivity contribution >= 4 is 12.0 Å². The number of carbonyl (C=O) groups excluding carboxylic acids is 1. The van der Waals surface area contributed by atoms with E-state index < -0.39 is 6.09 Å². The zero-order chi connectivity index (χ0) is 14.4. The second-order valence-corrected chi connectivity index (χ2v) is 5.02. The van der Waals surface area contributed by atoms with Gasteiger partial charge in [-0.05, 0) is 18.9 Å². The second-order valence-electron chi connectivity index (χ2n) is 5.02. The van der Waals surface area contributed by atoms with Gasteiger partial charge >= 0.3 is 6.09 Å². The SMILES string of the molecule is O=C(O)NC1CCN(C(=O)C=CC2CNCCO2)CC1. The van der Waals surface area contributed by atoms with Crippen molar-refractivity contribution in [3.8, 4) is 0 Å². The number of morpholine rings is 1. The number of carboxylic acid groups (broad SMARTS) is 1. The minimum Gasteiger partial charge on any atom is -0.465 e. The van der Waals surface area contributed by atoms with E-state index in [1.165, 1.54) is 0 Å². The lowest BCUT2D eigenvalue weighted by molar-refractivity contribution is -0.127. The van der Waals surface area contributed by atoms with Crippen LogP contribution in [0.25, 0.3) is 0 Å². The summed E-state index contributed by atoms with van der Waals surface area (Å²) < 4.78 is 5.48. The molecule has 3 N–H and O–H groups in total. The summed E-state index contributed by atoms with van der Waals surface area (Å²) in [6, 6.07) is -0.0496. The molecule has 0 aromatic heterocycles. The minimum atomic E-state index is -1.00. The molecule has 7 nitrogen and oxygen atoms in total. The van der Waals surface area contributed by atoms with Gasteiger partial charge in [0.1, 0.15) is 0 Å². The molecule has 2 rings (SSSR count). The lowest BCUT2D eigenvalue weighted by Gasteiger charge is -2.31. The molecule has 0 spiro atoms. The first kappa shape index (κ1) is 14.8. The maximum absolute atomic E-state index is 12.0. The van der Waals surface area contributed by atoms with Gasteiger partial charge in [0.2, 0.25) is 5.91 Å². The quantitative estimate of drug-likeness (QED) is 0.623. The van der Waals surface area contributed by atoms with Crippen molar-refractivity contribution in [1.82, 2.24) is 15.5 Å². The molecule has 112 valence electrons. The highest BCUT2D eigenvalue weighted by Crippen LogP contribution is 2.11. The Morgan fingerprint density at radius 1 is 1.35 bits per heavy atom. The van der Waals surface area contributed by atoms with Crippen LogP contribution in [0.1, 0.15) is 12.8 Å². The van der Waals surface area contributed by atoms with Gasteiger partial charge in [0.25, 0.3) is 0 Å². The van der Waals surface area contributed by atoms with Gasteiger partial charge in [-0.2, -0.15) is 0 Å². The molecule has 7 heteroatoms. The molecule has 0 aromatic rings. The van der Waals surface area contributed by atoms with Crippen molar-refractivity contribution in [3.63, 3.8) is 0 Å². The standard InChI is InChI=1S/C13H21N3O4/c17-12(2-1-11-9-14-5-8-20-11)16-6-3-10(4-7-16)15-13(18)19/h1-2,10-11,14-15H,3-9H2,(H,18,19). The highest BCUT2D eigenvalue weighted by atomic mass is 16.5. The molecular weight excluding hydrogens is 262 g/mol. The summed E-state index contributed by atoms with van der Waals surface area (Å²) in [5.74, 6) is -0.0343. The van der Waals surface area contributed by atoms with E-state index in [0.717, 1.165) is 13.1 Å². The van der Waals surface area contributed by atoms with Gasteiger partial charge in [-0.15, -0.1) is 0 Å². The van der Waals surface area contributed by atoms with Crippen LogP contribution in [-0.2, 0) is 9.53 Å². The number of hydrogen-bond acceptors (Lipinski definition) is 4. The molecule has 2 aliphatic rings. The summed E-state index contributed by atoms with van der Waals surface area (Å²) in [6.45, 7) is 3.40. The normalized spacial score (nSPS) is 24.8. The third-order valence-corrected chi connectivity index (χ3v) is 3.54. The van der Waals surface area contributed by atoms with E-state index in [0.29, 0.717) is 32.5 Å². The molecule has 2 aliphatic heterocycles. The number of piperidine rings is 1. The Morgan fingerprint density at radius 2 is 2.10 bits per heavy atom. The molecule has 1 unspecified atom stereocenters. The maximum atomic E-state index is 12.0. The van der Waals surface area contributed by atoms with E-state index in [-0.39, 0.29) is 18.1 Å². The van der Waals surface area contributed by atoms with Crippen molar-refractivity contribution in [1.29, 1.82) is 0 Å². The fourth-order valence-electron chi connectivity index (χ4n) is 2.42. The molecule has 0 radical (unpaired) electrons. The first-order valence-electron chi connectivity index (χ1n) is 6.94. The van der Waals surface area contributed by atoms with Crippen LogP contribution in [0.5, 0.6) is 0 Å². The lowest BCUT2D eigenvalue weighted by Crippen LogP contribution is -2.46. The largest absolute Gasteiger partial charge is 0.465 e. The minimum absolute atomic E-state index is 0.0343. The number of hydrogen-bond donors (Lipinski definition) is 3. The predicted octanol–water partition coefficient (Wildman–Crippen LogP) is -0.210. The van der Waals surface area contributed by atoms with Gasteiger partial charge in [-0.1, -0.05) is 0 Å². The zero-order valence-corrected chi connectivity index (χ0v) is 11.4. The Kier molecular flexibility index (Phi) is 5.37. The van der Waals surface area contributed by atoms with Gasteiger partial charge in [-0.3, -0.25) is 4.79 Å². The molecule has 0 aliphatic carbocycles. The van der Waals surface area contributed by atoms with Gasteiger partial charge in [0.05, 0.1) is 12.7 Å². The van der Waals surface area contributed by atoms with Crippen molar-refractivity contribution in [2.75, 3.05) is 32.8 Å². The average molecular weight is 283 g/mol. The predicted molar refractivity (Wildman–Crippen MR) is 72.5 cm³/mol. The Hall–Kier alpha value is -1.60. The van der Waals surface area contributed by atoms with E-state index in [1.807, 2.05) is 0 Å². The van der Waals surface area contributed by atoms with Crippen LogP contribution in [0.15, 0.2) is 12.2 Å². The molecule has 1 atom stereocenters. The van der Waals surface area contributed by atoms with Crippen LogP contribution < -0.4 is 10.6 Å². The molecule has 2 fully saturated rings. The van der Waals surface area contributed by atoms with Gasteiger partial charge in [-0.25, -0.2) is 4.79 Å². The molecule has 2 amide bonds. The highest BCUT2D eigenvalue weighted by molar-refractivity contribution is 5.87. The Bertz CT molecular complexity index is 372. The molecular formula is C13H21N3O4. The monoisotopic (exact) mass is 283 g/mol. The van der Waals surface area contributed by atoms with Gasteiger partial charge in [0, 0.05) is 38.3 Å². The molecule has 0 saturated carbocycles. The Labute approximate surface area is 118 Å². The lowest BCUT2D eigenvalue weighted by atomic mass is 10.1. The third-order valence-electron chi connectivity index (χ3n) is 3.54. The average Bonchev–Trinajstić information content (AvgIpc) is 2.46. The summed E-state index contributed by atoms with van der Waals surface area (Å²) in [5.41, 5.74) is 0. The molecule has 0 bridgehead atoms. The first-order chi connectivity index (χ1) is 9.65. The summed E-state index contributed by atoms with van der Waals surface area (Å²) in [6.07, 6.45) is 3.62. The van der Waals surface area contributed by atoms with Crippen molar-refractivity contribution in [3.05, 3.63) is 12.2 Å². The van der Waals surface area contributed by atoms with Crippen LogP contribution in [0, 0.1) is 0 Å². The topological polar surface area (TPSA) is 90.9 Å². The third kappa shape index (κ3) is 4.50. The molecule has 2 saturated heterocycles. The first-order valence-corrected chi connectivity index (χ1v) is 6.94. The molecule has 20 heavy (non-hydrogen) atoms. The molecule has 2 heterocycles. The number of nitrogens with one attached hydrogen (secondary N) is 2. The fourth-order valence-corrected chi connectivity index (χ4v) is 2.42. The smallest absolute Gasteiger partial charge is 0.404 e. The Morgan fingerprint density at radius 3 is 2.70 bits per heavy atom. The fraction of sp³-hybridized carbons (Fsp3) is 0.692. The van der Waals surface area contributed by atoms with E-state index in [4.69, 9.17) is 9.84 Å². The highest BCUT2D eigenvalue weighted by Gasteiger charge is 2.22. The number of ether oxygens (including phenoxy) is 1.